The van der Waals surface area contributed by atoms with Crippen LogP contribution in [0.5, 0.6) is 0 Å². The average molecular weight is 185 g/mol. The Morgan fingerprint density at radius 3 is 2.46 bits per heavy atom. The highest BCUT2D eigenvalue weighted by molar-refractivity contribution is 5.88. The van der Waals surface area contributed by atoms with Crippen LogP contribution in [0.25, 0.3) is 0 Å². The lowest BCUT2D eigenvalue weighted by Crippen LogP contribution is -2.08. The molecule has 0 bridgehead atoms. The Morgan fingerprint density at radius 1 is 1.31 bits per heavy atom. The van der Waals surface area contributed by atoms with Gasteiger partial charge in [0.05, 0.1) is 5.69 Å². The van der Waals surface area contributed by atoms with Crippen LogP contribution in [0.4, 0.5) is 14.5 Å². The Bertz CT molecular complexity index is 350. The maximum Gasteiger partial charge on any atom is 0.221 e. The van der Waals surface area contributed by atoms with E-state index in [4.69, 9.17) is 0 Å². The van der Waals surface area contributed by atoms with Crippen LogP contribution < -0.4 is 5.32 Å². The smallest absolute Gasteiger partial charge is 0.221 e. The van der Waals surface area contributed by atoms with E-state index in [1.807, 2.05) is 0 Å². The number of nitrogens with one attached hydrogen (secondary N) is 1. The molecule has 13 heavy (non-hydrogen) atoms. The Kier molecular flexibility index (Phi) is 2.60. The molecule has 0 radical (unpaired) electrons. The number of aryl methyl sites for hydroxylation is 1. The molecule has 0 aliphatic carbocycles. The van der Waals surface area contributed by atoms with Crippen molar-refractivity contribution in [1.29, 1.82) is 0 Å². The summed E-state index contributed by atoms with van der Waals surface area (Å²) in [6.07, 6.45) is 0. The molecule has 2 nitrogen and oxygen atoms in total. The number of rotatable bonds is 1. The monoisotopic (exact) mass is 185 g/mol. The van der Waals surface area contributed by atoms with E-state index in [1.165, 1.54) is 26.0 Å². The summed E-state index contributed by atoms with van der Waals surface area (Å²) in [7, 11) is 0. The molecule has 70 valence electrons. The predicted molar refractivity (Wildman–Crippen MR) is 45.4 cm³/mol. The summed E-state index contributed by atoms with van der Waals surface area (Å²) >= 11 is 0. The van der Waals surface area contributed by atoms with Gasteiger partial charge >= 0.3 is 0 Å². The Morgan fingerprint density at radius 2 is 1.92 bits per heavy atom. The first kappa shape index (κ1) is 9.64. The number of benzene rings is 1. The molecule has 1 rings (SSSR count). The lowest BCUT2D eigenvalue weighted by molar-refractivity contribution is -0.114. The fourth-order valence-corrected chi connectivity index (χ4v) is 0.932. The van der Waals surface area contributed by atoms with Crippen molar-refractivity contribution in [2.24, 2.45) is 0 Å². The van der Waals surface area contributed by atoms with E-state index in [0.717, 1.165) is 0 Å². The van der Waals surface area contributed by atoms with E-state index in [9.17, 15) is 13.6 Å². The predicted octanol–water partition coefficient (Wildman–Crippen LogP) is 2.23. The van der Waals surface area contributed by atoms with Gasteiger partial charge in [0.1, 0.15) is 0 Å². The van der Waals surface area contributed by atoms with Crippen molar-refractivity contribution < 1.29 is 13.6 Å². The quantitative estimate of drug-likeness (QED) is 0.714. The fraction of sp³-hybridized carbons (Fsp3) is 0.222. The van der Waals surface area contributed by atoms with Gasteiger partial charge in [-0.1, -0.05) is 6.07 Å². The zero-order valence-electron chi connectivity index (χ0n) is 7.32. The van der Waals surface area contributed by atoms with Gasteiger partial charge in [0.15, 0.2) is 11.6 Å². The molecule has 0 aliphatic heterocycles. The van der Waals surface area contributed by atoms with Crippen LogP contribution in [-0.2, 0) is 4.79 Å². The molecular formula is C9H9F2NO. The first-order valence-corrected chi connectivity index (χ1v) is 3.74. The van der Waals surface area contributed by atoms with E-state index in [-0.39, 0.29) is 11.3 Å². The number of hydrogen-bond acceptors (Lipinski definition) is 1. The summed E-state index contributed by atoms with van der Waals surface area (Å²) < 4.78 is 25.9. The summed E-state index contributed by atoms with van der Waals surface area (Å²) in [5, 5.41) is 2.19. The van der Waals surface area contributed by atoms with Crippen LogP contribution in [0.2, 0.25) is 0 Å². The Hall–Kier alpha value is -1.45. The summed E-state index contributed by atoms with van der Waals surface area (Å²) in [6.45, 7) is 2.69. The lowest BCUT2D eigenvalue weighted by atomic mass is 10.2. The third kappa shape index (κ3) is 2.02. The molecule has 0 spiro atoms. The molecular weight excluding hydrogens is 176 g/mol. The van der Waals surface area contributed by atoms with E-state index < -0.39 is 17.5 Å². The van der Waals surface area contributed by atoms with Gasteiger partial charge in [0.2, 0.25) is 5.91 Å². The van der Waals surface area contributed by atoms with Gasteiger partial charge in [0.25, 0.3) is 0 Å². The highest BCUT2D eigenvalue weighted by atomic mass is 19.2. The van der Waals surface area contributed by atoms with Crippen molar-refractivity contribution in [2.75, 3.05) is 5.32 Å². The maximum atomic E-state index is 13.0. The highest BCUT2D eigenvalue weighted by Crippen LogP contribution is 2.19. The fourth-order valence-electron chi connectivity index (χ4n) is 0.932. The van der Waals surface area contributed by atoms with E-state index >= 15 is 0 Å². The van der Waals surface area contributed by atoms with Crippen LogP contribution >= 0.6 is 0 Å². The number of anilines is 1. The minimum Gasteiger partial charge on any atom is -0.324 e. The van der Waals surface area contributed by atoms with Crippen molar-refractivity contribution in [3.05, 3.63) is 29.3 Å². The summed E-state index contributed by atoms with van der Waals surface area (Å²) in [4.78, 5) is 10.6. The first-order chi connectivity index (χ1) is 6.02. The molecule has 4 heteroatoms. The molecule has 1 amide bonds. The van der Waals surface area contributed by atoms with E-state index in [2.05, 4.69) is 5.32 Å². The molecule has 0 heterocycles. The maximum absolute atomic E-state index is 13.0. The Labute approximate surface area is 74.6 Å². The number of amides is 1. The van der Waals surface area contributed by atoms with Gasteiger partial charge < -0.3 is 5.32 Å². The third-order valence-corrected chi connectivity index (χ3v) is 1.59. The van der Waals surface area contributed by atoms with Crippen LogP contribution in [0.15, 0.2) is 12.1 Å². The van der Waals surface area contributed by atoms with E-state index in [0.29, 0.717) is 0 Å². The summed E-state index contributed by atoms with van der Waals surface area (Å²) in [6, 6.07) is 2.73. The van der Waals surface area contributed by atoms with Gasteiger partial charge in [0, 0.05) is 6.92 Å². The zero-order valence-corrected chi connectivity index (χ0v) is 7.32. The minimum absolute atomic E-state index is 0.129. The average Bonchev–Trinajstić information content (AvgIpc) is 2.06. The molecule has 0 aromatic heterocycles. The molecule has 1 aromatic carbocycles. The normalized spacial score (nSPS) is 9.85. The molecule has 0 fully saturated rings. The van der Waals surface area contributed by atoms with E-state index in [1.54, 1.807) is 0 Å². The minimum atomic E-state index is -1.02. The van der Waals surface area contributed by atoms with Crippen molar-refractivity contribution in [3.63, 3.8) is 0 Å². The molecule has 0 saturated carbocycles. The van der Waals surface area contributed by atoms with Crippen LogP contribution in [0, 0.1) is 18.6 Å². The van der Waals surface area contributed by atoms with Crippen LogP contribution in [-0.4, -0.2) is 5.91 Å². The highest BCUT2D eigenvalue weighted by Gasteiger charge is 2.10. The SMILES string of the molecule is CC(=O)Nc1ccc(C)c(F)c1F. The second-order valence-corrected chi connectivity index (χ2v) is 2.74. The largest absolute Gasteiger partial charge is 0.324 e. The van der Waals surface area contributed by atoms with Gasteiger partial charge in [-0.15, -0.1) is 0 Å². The van der Waals surface area contributed by atoms with Gasteiger partial charge in [-0.3, -0.25) is 4.79 Å². The molecule has 0 atom stereocenters. The van der Waals surface area contributed by atoms with Gasteiger partial charge in [-0.25, -0.2) is 8.78 Å². The van der Waals surface area contributed by atoms with Crippen molar-refractivity contribution in [2.45, 2.75) is 13.8 Å². The Balaban J connectivity index is 3.10. The molecule has 0 aliphatic rings. The van der Waals surface area contributed by atoms with Crippen LogP contribution in [0.1, 0.15) is 12.5 Å². The number of hydrogen-bond donors (Lipinski definition) is 1. The second kappa shape index (κ2) is 3.51. The second-order valence-electron chi connectivity index (χ2n) is 2.74. The number of carbonyl (C=O) groups excluding carboxylic acids is 1. The van der Waals surface area contributed by atoms with Crippen LogP contribution in [0.3, 0.4) is 0 Å². The van der Waals surface area contributed by atoms with Crippen molar-refractivity contribution in [3.8, 4) is 0 Å². The number of carbonyl (C=O) groups is 1. The standard InChI is InChI=1S/C9H9F2NO/c1-5-3-4-7(12-6(2)13)9(11)8(5)10/h3-4H,1-2H3,(H,12,13). The molecule has 0 unspecified atom stereocenters. The number of halogens is 2. The molecule has 1 aromatic rings. The van der Waals surface area contributed by atoms with Gasteiger partial charge in [-0.05, 0) is 18.6 Å². The van der Waals surface area contributed by atoms with Gasteiger partial charge in [-0.2, -0.15) is 0 Å². The van der Waals surface area contributed by atoms with Crippen molar-refractivity contribution >= 4 is 11.6 Å². The first-order valence-electron chi connectivity index (χ1n) is 3.74. The lowest BCUT2D eigenvalue weighted by Gasteiger charge is -2.05. The zero-order chi connectivity index (χ0) is 10.0. The molecule has 0 saturated heterocycles. The third-order valence-electron chi connectivity index (χ3n) is 1.59. The topological polar surface area (TPSA) is 29.1 Å². The van der Waals surface area contributed by atoms with Crippen molar-refractivity contribution in [1.82, 2.24) is 0 Å². The summed E-state index contributed by atoms with van der Waals surface area (Å²) in [5.41, 5.74) is 0.0854. The summed E-state index contributed by atoms with van der Waals surface area (Å²) in [5.74, 6) is -2.37. The molecule has 1 N–H and O–H groups in total.